The number of halogens is 1. The van der Waals surface area contributed by atoms with Crippen LogP contribution in [0.25, 0.3) is 0 Å². The highest BCUT2D eigenvalue weighted by molar-refractivity contribution is 6.04. The number of para-hydroxylation sites is 1. The second kappa shape index (κ2) is 9.33. The van der Waals surface area contributed by atoms with E-state index in [4.69, 9.17) is 10.5 Å². The van der Waals surface area contributed by atoms with Gasteiger partial charge >= 0.3 is 0 Å². The molecule has 0 fully saturated rings. The van der Waals surface area contributed by atoms with E-state index in [1.807, 2.05) is 24.3 Å². The van der Waals surface area contributed by atoms with Crippen molar-refractivity contribution in [1.29, 1.82) is 0 Å². The van der Waals surface area contributed by atoms with Gasteiger partial charge in [0.1, 0.15) is 0 Å². The molecule has 4 N–H and O–H groups in total. The fourth-order valence-corrected chi connectivity index (χ4v) is 2.88. The van der Waals surface area contributed by atoms with Crippen LogP contribution in [-0.2, 0) is 16.0 Å². The van der Waals surface area contributed by atoms with Crippen molar-refractivity contribution in [3.63, 3.8) is 0 Å². The summed E-state index contributed by atoms with van der Waals surface area (Å²) in [6.07, 6.45) is 0.114. The van der Waals surface area contributed by atoms with Crippen molar-refractivity contribution in [2.75, 3.05) is 25.0 Å². The lowest BCUT2D eigenvalue weighted by Crippen LogP contribution is -2.31. The van der Waals surface area contributed by atoms with Crippen LogP contribution in [0.3, 0.4) is 0 Å². The first-order valence-corrected chi connectivity index (χ1v) is 8.28. The largest absolute Gasteiger partial charge is 0.363 e. The number of benzene rings is 2. The minimum Gasteiger partial charge on any atom is -0.363 e. The molecule has 2 amide bonds. The molecule has 6 nitrogen and oxygen atoms in total. The van der Waals surface area contributed by atoms with Crippen molar-refractivity contribution >= 4 is 29.9 Å². The lowest BCUT2D eigenvalue weighted by molar-refractivity contribution is -0.128. The molecule has 0 aliphatic carbocycles. The molecule has 1 unspecified atom stereocenters. The van der Waals surface area contributed by atoms with Crippen LogP contribution in [0.1, 0.15) is 27.6 Å². The molecule has 1 aliphatic heterocycles. The van der Waals surface area contributed by atoms with E-state index in [1.165, 1.54) is 0 Å². The van der Waals surface area contributed by atoms with E-state index in [2.05, 4.69) is 10.6 Å². The summed E-state index contributed by atoms with van der Waals surface area (Å²) in [6.45, 7) is 1.22. The molecule has 0 radical (unpaired) electrons. The second-order valence-corrected chi connectivity index (χ2v) is 5.78. The van der Waals surface area contributed by atoms with Crippen LogP contribution >= 0.6 is 12.4 Å². The van der Waals surface area contributed by atoms with Crippen LogP contribution in [0.15, 0.2) is 48.5 Å². The average Bonchev–Trinajstić information content (AvgIpc) is 2.66. The molecule has 0 aromatic heterocycles. The summed E-state index contributed by atoms with van der Waals surface area (Å²) in [6, 6.07) is 14.6. The van der Waals surface area contributed by atoms with E-state index < -0.39 is 6.10 Å². The highest BCUT2D eigenvalue weighted by Crippen LogP contribution is 2.28. The Bertz CT molecular complexity index is 782. The summed E-state index contributed by atoms with van der Waals surface area (Å²) in [5, 5.41) is 5.53. The predicted molar refractivity (Wildman–Crippen MR) is 103 cm³/mol. The number of ether oxygens (including phenoxy) is 1. The first kappa shape index (κ1) is 19.9. The zero-order chi connectivity index (χ0) is 17.6. The molecule has 0 bridgehead atoms. The van der Waals surface area contributed by atoms with Crippen LogP contribution in [0.2, 0.25) is 0 Å². The molecule has 1 atom stereocenters. The maximum absolute atomic E-state index is 12.7. The number of fused-ring (bicyclic) bond motifs is 1. The zero-order valence-electron chi connectivity index (χ0n) is 14.2. The third-order valence-electron chi connectivity index (χ3n) is 4.09. The van der Waals surface area contributed by atoms with Gasteiger partial charge in [0.25, 0.3) is 11.8 Å². The van der Waals surface area contributed by atoms with Crippen molar-refractivity contribution in [1.82, 2.24) is 5.32 Å². The topological polar surface area (TPSA) is 93.5 Å². The Labute approximate surface area is 158 Å². The van der Waals surface area contributed by atoms with Crippen LogP contribution in [0.4, 0.5) is 5.69 Å². The van der Waals surface area contributed by atoms with Gasteiger partial charge in [0, 0.05) is 13.1 Å². The summed E-state index contributed by atoms with van der Waals surface area (Å²) in [4.78, 5) is 25.0. The summed E-state index contributed by atoms with van der Waals surface area (Å²) in [5.74, 6) is -0.558. The minimum absolute atomic E-state index is 0. The van der Waals surface area contributed by atoms with Crippen molar-refractivity contribution < 1.29 is 14.3 Å². The number of rotatable bonds is 5. The quantitative estimate of drug-likeness (QED) is 0.745. The number of carbonyl (C=O) groups is 2. The Balaban J connectivity index is 0.00000243. The molecule has 1 heterocycles. The van der Waals surface area contributed by atoms with E-state index in [0.717, 1.165) is 17.5 Å². The van der Waals surface area contributed by atoms with Gasteiger partial charge in [0.05, 0.1) is 17.9 Å². The highest BCUT2D eigenvalue weighted by atomic mass is 35.5. The monoisotopic (exact) mass is 375 g/mol. The van der Waals surface area contributed by atoms with Crippen molar-refractivity contribution in [2.45, 2.75) is 12.5 Å². The number of hydrogen-bond donors (Lipinski definition) is 3. The average molecular weight is 376 g/mol. The number of hydrogen-bond acceptors (Lipinski definition) is 4. The maximum Gasteiger partial charge on any atom is 0.258 e. The van der Waals surface area contributed by atoms with E-state index in [-0.39, 0.29) is 24.2 Å². The standard InChI is InChI=1S/C19H21N3O3.ClH/c20-10-11-21-18(23)15-7-3-4-8-16(15)22-19(24)17-14-6-2-1-5-13(14)9-12-25-17;/h1-8,17H,9-12,20H2,(H,21,23)(H,22,24);1H. The first-order chi connectivity index (χ1) is 12.2. The van der Waals surface area contributed by atoms with Crippen LogP contribution in [0, 0.1) is 0 Å². The Morgan fingerprint density at radius 1 is 1.12 bits per heavy atom. The van der Waals surface area contributed by atoms with Gasteiger partial charge in [0.2, 0.25) is 0 Å². The molecule has 0 saturated carbocycles. The fraction of sp³-hybridized carbons (Fsp3) is 0.263. The molecule has 7 heteroatoms. The second-order valence-electron chi connectivity index (χ2n) is 5.78. The van der Waals surface area contributed by atoms with E-state index in [9.17, 15) is 9.59 Å². The van der Waals surface area contributed by atoms with Gasteiger partial charge in [-0.25, -0.2) is 0 Å². The third-order valence-corrected chi connectivity index (χ3v) is 4.09. The molecular formula is C19H22ClN3O3. The van der Waals surface area contributed by atoms with Gasteiger partial charge in [-0.2, -0.15) is 0 Å². The van der Waals surface area contributed by atoms with E-state index >= 15 is 0 Å². The molecule has 1 aliphatic rings. The predicted octanol–water partition coefficient (Wildman–Crippen LogP) is 2.05. The maximum atomic E-state index is 12.7. The Morgan fingerprint density at radius 2 is 1.85 bits per heavy atom. The molecule has 138 valence electrons. The number of nitrogens with one attached hydrogen (secondary N) is 2. The van der Waals surface area contributed by atoms with Crippen LogP contribution in [0.5, 0.6) is 0 Å². The van der Waals surface area contributed by atoms with Crippen LogP contribution < -0.4 is 16.4 Å². The molecule has 0 spiro atoms. The summed E-state index contributed by atoms with van der Waals surface area (Å²) in [5.41, 5.74) is 8.25. The molecule has 0 saturated heterocycles. The SMILES string of the molecule is Cl.NCCNC(=O)c1ccccc1NC(=O)C1OCCc2ccccc21. The van der Waals surface area contributed by atoms with Crippen molar-refractivity contribution in [2.24, 2.45) is 5.73 Å². The number of carbonyl (C=O) groups excluding carboxylic acids is 2. The molecule has 2 aromatic rings. The normalized spacial score (nSPS) is 15.3. The Kier molecular flexibility index (Phi) is 7.15. The fourth-order valence-electron chi connectivity index (χ4n) is 2.88. The van der Waals surface area contributed by atoms with Gasteiger partial charge in [-0.15, -0.1) is 12.4 Å². The summed E-state index contributed by atoms with van der Waals surface area (Å²) >= 11 is 0. The smallest absolute Gasteiger partial charge is 0.258 e. The molecule has 26 heavy (non-hydrogen) atoms. The van der Waals surface area contributed by atoms with Crippen molar-refractivity contribution in [3.8, 4) is 0 Å². The number of amides is 2. The molecular weight excluding hydrogens is 354 g/mol. The highest BCUT2D eigenvalue weighted by Gasteiger charge is 2.28. The van der Waals surface area contributed by atoms with Crippen LogP contribution in [-0.4, -0.2) is 31.5 Å². The van der Waals surface area contributed by atoms with Gasteiger partial charge in [0.15, 0.2) is 6.10 Å². The lowest BCUT2D eigenvalue weighted by Gasteiger charge is -2.25. The van der Waals surface area contributed by atoms with Gasteiger partial charge in [-0.05, 0) is 29.7 Å². The van der Waals surface area contributed by atoms with E-state index in [1.54, 1.807) is 24.3 Å². The van der Waals surface area contributed by atoms with Crippen molar-refractivity contribution in [3.05, 3.63) is 65.2 Å². The Hall–Kier alpha value is -2.41. The van der Waals surface area contributed by atoms with Gasteiger partial charge in [-0.1, -0.05) is 36.4 Å². The number of nitrogens with two attached hydrogens (primary N) is 1. The molecule has 2 aromatic carbocycles. The Morgan fingerprint density at radius 3 is 2.65 bits per heavy atom. The lowest BCUT2D eigenvalue weighted by atomic mass is 9.97. The minimum atomic E-state index is -0.676. The first-order valence-electron chi connectivity index (χ1n) is 8.28. The number of anilines is 1. The van der Waals surface area contributed by atoms with Gasteiger partial charge < -0.3 is 21.1 Å². The van der Waals surface area contributed by atoms with Gasteiger partial charge in [-0.3, -0.25) is 9.59 Å². The summed E-state index contributed by atoms with van der Waals surface area (Å²) in [7, 11) is 0. The third kappa shape index (κ3) is 4.40. The molecule has 3 rings (SSSR count). The van der Waals surface area contributed by atoms with E-state index in [0.29, 0.717) is 30.9 Å². The zero-order valence-corrected chi connectivity index (χ0v) is 15.1. The summed E-state index contributed by atoms with van der Waals surface area (Å²) < 4.78 is 5.67.